The number of likely N-dealkylation sites (tertiary alicyclic amines) is 1. The lowest BCUT2D eigenvalue weighted by Crippen LogP contribution is -2.49. The van der Waals surface area contributed by atoms with Crippen molar-refractivity contribution in [3.05, 3.63) is 68.9 Å². The van der Waals surface area contributed by atoms with Gasteiger partial charge in [-0.1, -0.05) is 72.6 Å². The summed E-state index contributed by atoms with van der Waals surface area (Å²) in [6.45, 7) is 6.73. The molecule has 0 bridgehead atoms. The zero-order chi connectivity index (χ0) is 23.5. The molecule has 1 aliphatic rings. The summed E-state index contributed by atoms with van der Waals surface area (Å²) in [7, 11) is 0. The molecule has 4 nitrogen and oxygen atoms in total. The fourth-order valence-corrected chi connectivity index (χ4v) is 4.87. The molecule has 2 unspecified atom stereocenters. The highest BCUT2D eigenvalue weighted by Gasteiger charge is 2.34. The monoisotopic (exact) mass is 522 g/mol. The maximum Gasteiger partial charge on any atom is 0.227 e. The van der Waals surface area contributed by atoms with Crippen LogP contribution in [0.25, 0.3) is 0 Å². The van der Waals surface area contributed by atoms with Crippen LogP contribution in [0.1, 0.15) is 50.8 Å². The summed E-state index contributed by atoms with van der Waals surface area (Å²) in [4.78, 5) is 27.8. The molecular weight excluding hydrogens is 495 g/mol. The third-order valence-electron chi connectivity index (χ3n) is 5.79. The largest absolute Gasteiger partial charge is 0.349 e. The fraction of sp³-hybridized carbons (Fsp3) is 0.440. The van der Waals surface area contributed by atoms with Crippen molar-refractivity contribution >= 4 is 39.3 Å². The van der Waals surface area contributed by atoms with Gasteiger partial charge in [0.25, 0.3) is 0 Å². The SMILES string of the molecule is CC(C)(C)C(=O)N1CCCC(C(=O)NC(Cc2c(F)cccc2Cl)c2ccccc2Br)C1. The number of carbonyl (C=O) groups excluding carboxylic acids is 2. The topological polar surface area (TPSA) is 49.4 Å². The van der Waals surface area contributed by atoms with Crippen molar-refractivity contribution in [3.63, 3.8) is 0 Å². The Balaban J connectivity index is 1.82. The lowest BCUT2D eigenvalue weighted by Gasteiger charge is -2.36. The number of piperidine rings is 1. The Morgan fingerprint density at radius 2 is 1.94 bits per heavy atom. The van der Waals surface area contributed by atoms with Crippen LogP contribution < -0.4 is 5.32 Å². The minimum atomic E-state index is -0.489. The summed E-state index contributed by atoms with van der Waals surface area (Å²) in [5, 5.41) is 3.44. The lowest BCUT2D eigenvalue weighted by atomic mass is 9.90. The number of benzene rings is 2. The first-order valence-corrected chi connectivity index (χ1v) is 12.0. The van der Waals surface area contributed by atoms with Gasteiger partial charge in [-0.2, -0.15) is 0 Å². The Morgan fingerprint density at radius 3 is 2.59 bits per heavy atom. The quantitative estimate of drug-likeness (QED) is 0.528. The molecular formula is C25H29BrClFN2O2. The van der Waals surface area contributed by atoms with Gasteiger partial charge >= 0.3 is 0 Å². The highest BCUT2D eigenvalue weighted by molar-refractivity contribution is 9.10. The van der Waals surface area contributed by atoms with E-state index < -0.39 is 17.3 Å². The first-order chi connectivity index (χ1) is 15.1. The molecule has 2 aromatic carbocycles. The highest BCUT2D eigenvalue weighted by Crippen LogP contribution is 2.31. The van der Waals surface area contributed by atoms with Crippen LogP contribution in [0.2, 0.25) is 5.02 Å². The third kappa shape index (κ3) is 5.90. The second kappa shape index (κ2) is 10.3. The summed E-state index contributed by atoms with van der Waals surface area (Å²) >= 11 is 9.83. The summed E-state index contributed by atoms with van der Waals surface area (Å²) in [5.41, 5.74) is 0.721. The van der Waals surface area contributed by atoms with E-state index in [0.717, 1.165) is 16.5 Å². The maximum absolute atomic E-state index is 14.5. The smallest absolute Gasteiger partial charge is 0.227 e. The van der Waals surface area contributed by atoms with Gasteiger partial charge in [-0.15, -0.1) is 0 Å². The molecule has 0 aromatic heterocycles. The second-order valence-corrected chi connectivity index (χ2v) is 10.6. The number of amides is 2. The van der Waals surface area contributed by atoms with E-state index in [1.165, 1.54) is 6.07 Å². The predicted octanol–water partition coefficient (Wildman–Crippen LogP) is 5.93. The van der Waals surface area contributed by atoms with Gasteiger partial charge in [0.2, 0.25) is 11.8 Å². The molecule has 2 atom stereocenters. The van der Waals surface area contributed by atoms with E-state index in [1.54, 1.807) is 17.0 Å². The molecule has 0 aliphatic carbocycles. The Morgan fingerprint density at radius 1 is 1.22 bits per heavy atom. The van der Waals surface area contributed by atoms with Crippen molar-refractivity contribution in [2.45, 2.75) is 46.1 Å². The molecule has 1 saturated heterocycles. The molecule has 3 rings (SSSR count). The van der Waals surface area contributed by atoms with E-state index in [1.807, 2.05) is 45.0 Å². The number of carbonyl (C=O) groups is 2. The average Bonchev–Trinajstić information content (AvgIpc) is 2.75. The Hall–Kier alpha value is -1.92. The van der Waals surface area contributed by atoms with Gasteiger partial charge in [0.05, 0.1) is 12.0 Å². The molecule has 32 heavy (non-hydrogen) atoms. The number of nitrogens with one attached hydrogen (secondary N) is 1. The van der Waals surface area contributed by atoms with Crippen LogP contribution in [0.4, 0.5) is 4.39 Å². The van der Waals surface area contributed by atoms with E-state index >= 15 is 0 Å². The molecule has 0 radical (unpaired) electrons. The summed E-state index contributed by atoms with van der Waals surface area (Å²) in [6.07, 6.45) is 1.71. The molecule has 1 fully saturated rings. The van der Waals surface area contributed by atoms with Crippen LogP contribution in [0.15, 0.2) is 46.9 Å². The van der Waals surface area contributed by atoms with Crippen LogP contribution in [-0.4, -0.2) is 29.8 Å². The first-order valence-electron chi connectivity index (χ1n) is 10.8. The lowest BCUT2D eigenvalue weighted by molar-refractivity contribution is -0.142. The zero-order valence-corrected chi connectivity index (χ0v) is 21.0. The molecule has 1 aliphatic heterocycles. The van der Waals surface area contributed by atoms with Gasteiger partial charge in [-0.3, -0.25) is 9.59 Å². The van der Waals surface area contributed by atoms with Gasteiger partial charge in [0, 0.05) is 40.0 Å². The number of nitrogens with zero attached hydrogens (tertiary/aromatic N) is 1. The van der Waals surface area contributed by atoms with Crippen molar-refractivity contribution in [1.29, 1.82) is 0 Å². The van der Waals surface area contributed by atoms with E-state index in [-0.39, 0.29) is 24.2 Å². The summed E-state index contributed by atoms with van der Waals surface area (Å²) in [6, 6.07) is 11.7. The highest BCUT2D eigenvalue weighted by atomic mass is 79.9. The minimum absolute atomic E-state index is 0.0514. The van der Waals surface area contributed by atoms with E-state index in [4.69, 9.17) is 11.6 Å². The Labute approximate surface area is 202 Å². The average molecular weight is 524 g/mol. The van der Waals surface area contributed by atoms with E-state index in [0.29, 0.717) is 30.1 Å². The van der Waals surface area contributed by atoms with Gasteiger partial charge in [0.1, 0.15) is 5.82 Å². The van der Waals surface area contributed by atoms with Crippen LogP contribution >= 0.6 is 27.5 Å². The normalized spacial score (nSPS) is 17.7. The van der Waals surface area contributed by atoms with Gasteiger partial charge in [-0.05, 0) is 36.6 Å². The van der Waals surface area contributed by atoms with Crippen LogP contribution in [-0.2, 0) is 16.0 Å². The maximum atomic E-state index is 14.5. The van der Waals surface area contributed by atoms with E-state index in [2.05, 4.69) is 21.2 Å². The predicted molar refractivity (Wildman–Crippen MR) is 129 cm³/mol. The Bertz CT molecular complexity index is 972. The van der Waals surface area contributed by atoms with Gasteiger partial charge in [0.15, 0.2) is 0 Å². The number of hydrogen-bond acceptors (Lipinski definition) is 2. The van der Waals surface area contributed by atoms with Crippen molar-refractivity contribution in [3.8, 4) is 0 Å². The second-order valence-electron chi connectivity index (χ2n) is 9.33. The summed E-state index contributed by atoms with van der Waals surface area (Å²) in [5.74, 6) is -0.792. The van der Waals surface area contributed by atoms with Crippen molar-refractivity contribution in [1.82, 2.24) is 10.2 Å². The number of rotatable bonds is 5. The van der Waals surface area contributed by atoms with Crippen LogP contribution in [0.5, 0.6) is 0 Å². The van der Waals surface area contributed by atoms with Crippen LogP contribution in [0.3, 0.4) is 0 Å². The fourth-order valence-electron chi connectivity index (χ4n) is 4.07. The third-order valence-corrected chi connectivity index (χ3v) is 6.86. The van der Waals surface area contributed by atoms with Gasteiger partial charge in [-0.25, -0.2) is 4.39 Å². The van der Waals surface area contributed by atoms with Gasteiger partial charge < -0.3 is 10.2 Å². The first kappa shape index (κ1) is 24.7. The number of halogens is 3. The molecule has 0 saturated carbocycles. The number of hydrogen-bond donors (Lipinski definition) is 1. The molecule has 1 heterocycles. The molecule has 2 aromatic rings. The Kier molecular flexibility index (Phi) is 7.99. The van der Waals surface area contributed by atoms with E-state index in [9.17, 15) is 14.0 Å². The molecule has 172 valence electrons. The standard InChI is InChI=1S/C25H29BrClFN2O2/c1-25(2,3)24(32)30-13-7-8-16(15-30)23(31)29-22(17-9-4-5-10-19(17)26)14-18-20(27)11-6-12-21(18)28/h4-6,9-12,16,22H,7-8,13-15H2,1-3H3,(H,29,31). The summed E-state index contributed by atoms with van der Waals surface area (Å²) < 4.78 is 15.3. The molecule has 7 heteroatoms. The molecule has 1 N–H and O–H groups in total. The molecule has 0 spiro atoms. The van der Waals surface area contributed by atoms with Crippen molar-refractivity contribution in [2.24, 2.45) is 11.3 Å². The van der Waals surface area contributed by atoms with Crippen molar-refractivity contribution < 1.29 is 14.0 Å². The van der Waals surface area contributed by atoms with Crippen molar-refractivity contribution in [2.75, 3.05) is 13.1 Å². The minimum Gasteiger partial charge on any atom is -0.349 e. The molecule has 2 amide bonds. The zero-order valence-electron chi connectivity index (χ0n) is 18.6. The van der Waals surface area contributed by atoms with Crippen LogP contribution in [0, 0.1) is 17.2 Å².